The van der Waals surface area contributed by atoms with Crippen LogP contribution in [0.15, 0.2) is 18.3 Å². The van der Waals surface area contributed by atoms with Gasteiger partial charge in [0.05, 0.1) is 0 Å². The third-order valence-electron chi connectivity index (χ3n) is 3.34. The molecule has 0 spiro atoms. The average Bonchev–Trinajstić information content (AvgIpc) is 2.19. The molecule has 0 radical (unpaired) electrons. The number of nitrogens with one attached hydrogen (secondary N) is 1. The van der Waals surface area contributed by atoms with Crippen molar-refractivity contribution in [3.63, 3.8) is 0 Å². The van der Waals surface area contributed by atoms with Crippen molar-refractivity contribution in [3.05, 3.63) is 23.9 Å². The van der Waals surface area contributed by atoms with Gasteiger partial charge >= 0.3 is 0 Å². The number of hydrogen-bond acceptors (Lipinski definition) is 2. The lowest BCUT2D eigenvalue weighted by Crippen LogP contribution is -2.30. The van der Waals surface area contributed by atoms with Crippen LogP contribution >= 0.6 is 0 Å². The Balaban J connectivity index is 1.88. The van der Waals surface area contributed by atoms with Gasteiger partial charge in [-0.2, -0.15) is 0 Å². The van der Waals surface area contributed by atoms with Gasteiger partial charge in [0, 0.05) is 12.7 Å². The Hall–Kier alpha value is -1.05. The molecule has 0 unspecified atom stereocenters. The van der Waals surface area contributed by atoms with E-state index >= 15 is 0 Å². The van der Waals surface area contributed by atoms with Crippen molar-refractivity contribution in [3.8, 4) is 0 Å². The van der Waals surface area contributed by atoms with E-state index in [1.54, 1.807) is 0 Å². The lowest BCUT2D eigenvalue weighted by Gasteiger charge is -2.34. The highest BCUT2D eigenvalue weighted by Gasteiger charge is 2.26. The van der Waals surface area contributed by atoms with Crippen molar-refractivity contribution in [2.24, 2.45) is 11.8 Å². The van der Waals surface area contributed by atoms with Crippen LogP contribution in [-0.4, -0.2) is 11.5 Å². The first-order valence-corrected chi connectivity index (χ1v) is 5.43. The first-order valence-electron chi connectivity index (χ1n) is 5.43. The summed E-state index contributed by atoms with van der Waals surface area (Å²) in [6.45, 7) is 5.51. The molecule has 2 rings (SSSR count). The van der Waals surface area contributed by atoms with Crippen molar-refractivity contribution < 1.29 is 0 Å². The van der Waals surface area contributed by atoms with E-state index in [-0.39, 0.29) is 0 Å². The maximum Gasteiger partial charge on any atom is 0.128 e. The zero-order chi connectivity index (χ0) is 9.97. The largest absolute Gasteiger partial charge is 0.370 e. The molecule has 0 amide bonds. The van der Waals surface area contributed by atoms with E-state index in [1.807, 2.05) is 12.3 Å². The molecule has 2 atom stereocenters. The minimum atomic E-state index is 0.858. The molecule has 1 aliphatic carbocycles. The average molecular weight is 190 g/mol. The quantitative estimate of drug-likeness (QED) is 0.792. The zero-order valence-corrected chi connectivity index (χ0v) is 8.96. The van der Waals surface area contributed by atoms with Crippen molar-refractivity contribution >= 4 is 5.82 Å². The van der Waals surface area contributed by atoms with Crippen LogP contribution in [0.25, 0.3) is 0 Å². The van der Waals surface area contributed by atoms with Gasteiger partial charge in [-0.25, -0.2) is 4.98 Å². The van der Waals surface area contributed by atoms with Gasteiger partial charge < -0.3 is 5.32 Å². The second-order valence-corrected chi connectivity index (χ2v) is 4.36. The van der Waals surface area contributed by atoms with Crippen molar-refractivity contribution in [1.29, 1.82) is 0 Å². The highest BCUT2D eigenvalue weighted by atomic mass is 15.0. The number of pyridine rings is 1. The van der Waals surface area contributed by atoms with E-state index in [0.29, 0.717) is 0 Å². The van der Waals surface area contributed by atoms with Gasteiger partial charge in [-0.05, 0) is 36.8 Å². The van der Waals surface area contributed by atoms with Crippen LogP contribution in [0, 0.1) is 18.8 Å². The maximum absolute atomic E-state index is 4.32. The Morgan fingerprint density at radius 3 is 2.93 bits per heavy atom. The molecule has 1 aromatic heterocycles. The van der Waals surface area contributed by atoms with E-state index < -0.39 is 0 Å². The second-order valence-electron chi connectivity index (χ2n) is 4.36. The molecule has 0 aromatic carbocycles. The van der Waals surface area contributed by atoms with Crippen molar-refractivity contribution in [1.82, 2.24) is 4.98 Å². The van der Waals surface area contributed by atoms with Crippen LogP contribution in [0.2, 0.25) is 0 Å². The summed E-state index contributed by atoms with van der Waals surface area (Å²) in [5.41, 5.74) is 1.24. The minimum absolute atomic E-state index is 0.858. The predicted octanol–water partition coefficient (Wildman–Crippen LogP) is 2.85. The van der Waals surface area contributed by atoms with Crippen LogP contribution in [-0.2, 0) is 0 Å². The van der Waals surface area contributed by atoms with Crippen molar-refractivity contribution in [2.45, 2.75) is 26.7 Å². The number of hydrogen-bond donors (Lipinski definition) is 1. The monoisotopic (exact) mass is 190 g/mol. The highest BCUT2D eigenvalue weighted by molar-refractivity contribution is 5.42. The standard InChI is InChI=1S/C12H18N2/c1-9-5-6-11(9)8-14-12-10(2)4-3-7-13-12/h3-4,7,9,11H,5-6,8H2,1-2H3,(H,13,14)/t9-,11-/m1/s1. The molecule has 0 bridgehead atoms. The highest BCUT2D eigenvalue weighted by Crippen LogP contribution is 2.33. The molecule has 2 heteroatoms. The third-order valence-corrected chi connectivity index (χ3v) is 3.34. The smallest absolute Gasteiger partial charge is 0.128 e. The predicted molar refractivity (Wildman–Crippen MR) is 59.4 cm³/mol. The maximum atomic E-state index is 4.32. The molecule has 0 aliphatic heterocycles. The first kappa shape index (κ1) is 9.50. The molecule has 1 N–H and O–H groups in total. The molecule has 2 nitrogen and oxygen atoms in total. The molecule has 1 aliphatic rings. The van der Waals surface area contributed by atoms with Gasteiger partial charge in [-0.3, -0.25) is 0 Å². The summed E-state index contributed by atoms with van der Waals surface area (Å²) in [4.78, 5) is 4.32. The van der Waals surface area contributed by atoms with Crippen LogP contribution in [0.3, 0.4) is 0 Å². The normalized spacial score (nSPS) is 25.6. The van der Waals surface area contributed by atoms with Crippen molar-refractivity contribution in [2.75, 3.05) is 11.9 Å². The van der Waals surface area contributed by atoms with Gasteiger partial charge in [0.1, 0.15) is 5.82 Å². The summed E-state index contributed by atoms with van der Waals surface area (Å²) in [5.74, 6) is 2.80. The molecule has 1 aromatic rings. The summed E-state index contributed by atoms with van der Waals surface area (Å²) in [5, 5.41) is 3.43. The van der Waals surface area contributed by atoms with Gasteiger partial charge in [-0.15, -0.1) is 0 Å². The van der Waals surface area contributed by atoms with E-state index in [9.17, 15) is 0 Å². The summed E-state index contributed by atoms with van der Waals surface area (Å²) in [6.07, 6.45) is 4.62. The fourth-order valence-electron chi connectivity index (χ4n) is 1.94. The van der Waals surface area contributed by atoms with E-state index in [0.717, 1.165) is 24.2 Å². The first-order chi connectivity index (χ1) is 6.77. The molecule has 1 heterocycles. The van der Waals surface area contributed by atoms with E-state index in [2.05, 4.69) is 30.2 Å². The lowest BCUT2D eigenvalue weighted by molar-refractivity contribution is 0.210. The summed E-state index contributed by atoms with van der Waals surface area (Å²) in [6, 6.07) is 4.08. The number of aryl methyl sites for hydroxylation is 1. The topological polar surface area (TPSA) is 24.9 Å². The molecule has 76 valence electrons. The second kappa shape index (κ2) is 3.99. The molecule has 1 fully saturated rings. The van der Waals surface area contributed by atoms with Crippen LogP contribution in [0.5, 0.6) is 0 Å². The molecule has 1 saturated carbocycles. The van der Waals surface area contributed by atoms with Gasteiger partial charge in [0.2, 0.25) is 0 Å². The molecular weight excluding hydrogens is 172 g/mol. The van der Waals surface area contributed by atoms with Gasteiger partial charge in [-0.1, -0.05) is 19.4 Å². The summed E-state index contributed by atoms with van der Waals surface area (Å²) >= 11 is 0. The van der Waals surface area contributed by atoms with E-state index in [4.69, 9.17) is 0 Å². The molecule has 0 saturated heterocycles. The molecule has 14 heavy (non-hydrogen) atoms. The Labute approximate surface area is 85.7 Å². The Bertz CT molecular complexity index is 309. The summed E-state index contributed by atoms with van der Waals surface area (Å²) < 4.78 is 0. The fourth-order valence-corrected chi connectivity index (χ4v) is 1.94. The fraction of sp³-hybridized carbons (Fsp3) is 0.583. The molecular formula is C12H18N2. The van der Waals surface area contributed by atoms with E-state index in [1.165, 1.54) is 18.4 Å². The number of anilines is 1. The zero-order valence-electron chi connectivity index (χ0n) is 8.96. The van der Waals surface area contributed by atoms with Crippen LogP contribution in [0.4, 0.5) is 5.82 Å². The Kier molecular flexibility index (Phi) is 2.71. The van der Waals surface area contributed by atoms with Crippen LogP contribution in [0.1, 0.15) is 25.3 Å². The Morgan fingerprint density at radius 1 is 1.50 bits per heavy atom. The minimum Gasteiger partial charge on any atom is -0.370 e. The number of nitrogens with zero attached hydrogens (tertiary/aromatic N) is 1. The number of aromatic nitrogens is 1. The lowest BCUT2D eigenvalue weighted by atomic mass is 9.75. The van der Waals surface area contributed by atoms with Gasteiger partial charge in [0.25, 0.3) is 0 Å². The summed E-state index contributed by atoms with van der Waals surface area (Å²) in [7, 11) is 0. The Morgan fingerprint density at radius 2 is 2.36 bits per heavy atom. The SMILES string of the molecule is Cc1cccnc1NC[C@H]1CC[C@H]1C. The third kappa shape index (κ3) is 1.89. The number of rotatable bonds is 3. The van der Waals surface area contributed by atoms with Crippen LogP contribution < -0.4 is 5.32 Å². The van der Waals surface area contributed by atoms with Gasteiger partial charge in [0.15, 0.2) is 0 Å².